The summed E-state index contributed by atoms with van der Waals surface area (Å²) in [5.41, 5.74) is 0. The van der Waals surface area contributed by atoms with Crippen LogP contribution in [-0.4, -0.2) is 25.3 Å². The van der Waals surface area contributed by atoms with Crippen LogP contribution >= 0.6 is 0 Å². The van der Waals surface area contributed by atoms with E-state index in [0.29, 0.717) is 18.6 Å². The lowest BCUT2D eigenvalue weighted by molar-refractivity contribution is -0.140. The first-order valence-corrected chi connectivity index (χ1v) is 10.1. The van der Waals surface area contributed by atoms with Crippen LogP contribution in [-0.2, 0) is 14.3 Å². The number of carbonyl (C=O) groups is 1. The molecule has 24 heavy (non-hydrogen) atoms. The zero-order chi connectivity index (χ0) is 17.5. The van der Waals surface area contributed by atoms with Gasteiger partial charge in [0.2, 0.25) is 0 Å². The summed E-state index contributed by atoms with van der Waals surface area (Å²) in [6, 6.07) is 0. The molecule has 3 heteroatoms. The third-order valence-corrected chi connectivity index (χ3v) is 4.85. The standard InChI is InChI=1S/C21H38O3/c1-3-19-20(24-19)17-15-13-11-9-7-5-4-6-8-10-12-14-16-18-21(22)23-2/h7,9,19-20H,3-6,8,10-18H2,1-2H3/b9-7-. The molecule has 0 saturated carbocycles. The molecule has 1 fully saturated rings. The predicted octanol–water partition coefficient (Wildman–Crippen LogP) is 5.96. The van der Waals surface area contributed by atoms with E-state index in [1.807, 2.05) is 0 Å². The van der Waals surface area contributed by atoms with Gasteiger partial charge in [-0.1, -0.05) is 57.6 Å². The second-order valence-corrected chi connectivity index (χ2v) is 6.97. The molecule has 0 aliphatic carbocycles. The summed E-state index contributed by atoms with van der Waals surface area (Å²) in [4.78, 5) is 11.0. The molecule has 2 atom stereocenters. The highest BCUT2D eigenvalue weighted by atomic mass is 16.6. The third kappa shape index (κ3) is 11.7. The van der Waals surface area contributed by atoms with Crippen molar-refractivity contribution in [2.45, 2.75) is 109 Å². The van der Waals surface area contributed by atoms with Crippen molar-refractivity contribution in [3.8, 4) is 0 Å². The maximum Gasteiger partial charge on any atom is 0.305 e. The Hall–Kier alpha value is -0.830. The van der Waals surface area contributed by atoms with Gasteiger partial charge in [0.25, 0.3) is 0 Å². The highest BCUT2D eigenvalue weighted by Crippen LogP contribution is 2.29. The molecular weight excluding hydrogens is 300 g/mol. The molecule has 3 nitrogen and oxygen atoms in total. The van der Waals surface area contributed by atoms with Gasteiger partial charge in [0.05, 0.1) is 19.3 Å². The van der Waals surface area contributed by atoms with Crippen molar-refractivity contribution in [1.29, 1.82) is 0 Å². The number of hydrogen-bond donors (Lipinski definition) is 0. The number of ether oxygens (including phenoxy) is 2. The number of methoxy groups -OCH3 is 1. The Morgan fingerprint density at radius 3 is 2.04 bits per heavy atom. The fourth-order valence-electron chi connectivity index (χ4n) is 3.15. The van der Waals surface area contributed by atoms with E-state index in [0.717, 1.165) is 12.8 Å². The van der Waals surface area contributed by atoms with Crippen LogP contribution in [0.2, 0.25) is 0 Å². The molecule has 0 amide bonds. The number of rotatable bonds is 16. The van der Waals surface area contributed by atoms with Crippen molar-refractivity contribution in [2.75, 3.05) is 7.11 Å². The second-order valence-electron chi connectivity index (χ2n) is 6.97. The number of epoxide rings is 1. The molecule has 0 N–H and O–H groups in total. The minimum Gasteiger partial charge on any atom is -0.469 e. The van der Waals surface area contributed by atoms with Crippen molar-refractivity contribution < 1.29 is 14.3 Å². The van der Waals surface area contributed by atoms with Crippen molar-refractivity contribution >= 4 is 5.97 Å². The molecule has 0 radical (unpaired) electrons. The van der Waals surface area contributed by atoms with Crippen LogP contribution in [0.1, 0.15) is 96.8 Å². The van der Waals surface area contributed by atoms with Gasteiger partial charge in [0.1, 0.15) is 0 Å². The van der Waals surface area contributed by atoms with E-state index >= 15 is 0 Å². The number of hydrogen-bond acceptors (Lipinski definition) is 3. The van der Waals surface area contributed by atoms with E-state index in [1.165, 1.54) is 77.7 Å². The molecule has 0 aromatic heterocycles. The normalized spacial score (nSPS) is 19.8. The lowest BCUT2D eigenvalue weighted by atomic mass is 10.1. The van der Waals surface area contributed by atoms with Crippen molar-refractivity contribution in [3.05, 3.63) is 12.2 Å². The summed E-state index contributed by atoms with van der Waals surface area (Å²) < 4.78 is 10.2. The number of allylic oxidation sites excluding steroid dienone is 2. The molecule has 0 spiro atoms. The van der Waals surface area contributed by atoms with E-state index in [-0.39, 0.29) is 5.97 Å². The van der Waals surface area contributed by atoms with Crippen LogP contribution in [0.3, 0.4) is 0 Å². The van der Waals surface area contributed by atoms with Gasteiger partial charge in [-0.3, -0.25) is 4.79 Å². The molecule has 1 rings (SSSR count). The van der Waals surface area contributed by atoms with Crippen molar-refractivity contribution in [3.63, 3.8) is 0 Å². The topological polar surface area (TPSA) is 38.8 Å². The lowest BCUT2D eigenvalue weighted by Gasteiger charge is -2.01. The van der Waals surface area contributed by atoms with E-state index in [9.17, 15) is 4.79 Å². The van der Waals surface area contributed by atoms with Crippen LogP contribution in [0.5, 0.6) is 0 Å². The largest absolute Gasteiger partial charge is 0.469 e. The zero-order valence-electron chi connectivity index (χ0n) is 15.9. The Balaban J connectivity index is 1.71. The molecule has 0 bridgehead atoms. The molecule has 0 aromatic carbocycles. The molecular formula is C21H38O3. The summed E-state index contributed by atoms with van der Waals surface area (Å²) in [6.45, 7) is 2.21. The third-order valence-electron chi connectivity index (χ3n) is 4.85. The summed E-state index contributed by atoms with van der Waals surface area (Å²) >= 11 is 0. The Morgan fingerprint density at radius 1 is 0.875 bits per heavy atom. The molecule has 140 valence electrons. The zero-order valence-corrected chi connectivity index (χ0v) is 15.9. The monoisotopic (exact) mass is 338 g/mol. The minimum absolute atomic E-state index is 0.0761. The van der Waals surface area contributed by atoms with Gasteiger partial charge in [-0.05, 0) is 44.9 Å². The SMILES string of the molecule is CCC1OC1CCCC/C=C\CCCCCCCCCC(=O)OC. The summed E-state index contributed by atoms with van der Waals surface area (Å²) in [6.07, 6.45) is 22.6. The Morgan fingerprint density at radius 2 is 1.46 bits per heavy atom. The molecule has 1 aliphatic heterocycles. The maximum atomic E-state index is 11.0. The Bertz CT molecular complexity index is 338. The highest BCUT2D eigenvalue weighted by Gasteiger charge is 2.35. The highest BCUT2D eigenvalue weighted by molar-refractivity contribution is 5.68. The molecule has 0 aromatic rings. The van der Waals surface area contributed by atoms with Gasteiger partial charge in [-0.15, -0.1) is 0 Å². The summed E-state index contributed by atoms with van der Waals surface area (Å²) in [5.74, 6) is -0.0761. The quantitative estimate of drug-likeness (QED) is 0.151. The summed E-state index contributed by atoms with van der Waals surface area (Å²) in [7, 11) is 1.46. The lowest BCUT2D eigenvalue weighted by Crippen LogP contribution is -1.99. The fraction of sp³-hybridized carbons (Fsp3) is 0.857. The second kappa shape index (κ2) is 14.5. The van der Waals surface area contributed by atoms with Gasteiger partial charge in [-0.25, -0.2) is 0 Å². The van der Waals surface area contributed by atoms with E-state index in [2.05, 4.69) is 23.8 Å². The average molecular weight is 339 g/mol. The first-order valence-electron chi connectivity index (χ1n) is 10.1. The van der Waals surface area contributed by atoms with E-state index in [4.69, 9.17) is 4.74 Å². The van der Waals surface area contributed by atoms with Crippen LogP contribution < -0.4 is 0 Å². The van der Waals surface area contributed by atoms with Crippen LogP contribution in [0, 0.1) is 0 Å². The summed E-state index contributed by atoms with van der Waals surface area (Å²) in [5, 5.41) is 0. The number of unbranched alkanes of at least 4 members (excludes halogenated alkanes) is 9. The Labute approximate surface area is 149 Å². The number of carbonyl (C=O) groups excluding carboxylic acids is 1. The predicted molar refractivity (Wildman–Crippen MR) is 100 cm³/mol. The smallest absolute Gasteiger partial charge is 0.305 e. The van der Waals surface area contributed by atoms with E-state index < -0.39 is 0 Å². The van der Waals surface area contributed by atoms with Gasteiger partial charge < -0.3 is 9.47 Å². The average Bonchev–Trinajstić information content (AvgIpc) is 3.36. The maximum absolute atomic E-state index is 11.0. The van der Waals surface area contributed by atoms with Crippen LogP contribution in [0.25, 0.3) is 0 Å². The van der Waals surface area contributed by atoms with Crippen LogP contribution in [0.15, 0.2) is 12.2 Å². The molecule has 1 heterocycles. The van der Waals surface area contributed by atoms with Gasteiger partial charge in [0.15, 0.2) is 0 Å². The van der Waals surface area contributed by atoms with Gasteiger partial charge in [0, 0.05) is 6.42 Å². The minimum atomic E-state index is -0.0761. The number of esters is 1. The first-order chi connectivity index (χ1) is 11.8. The van der Waals surface area contributed by atoms with Crippen LogP contribution in [0.4, 0.5) is 0 Å². The fourth-order valence-corrected chi connectivity index (χ4v) is 3.15. The van der Waals surface area contributed by atoms with E-state index in [1.54, 1.807) is 0 Å². The molecule has 1 saturated heterocycles. The molecule has 2 unspecified atom stereocenters. The van der Waals surface area contributed by atoms with Gasteiger partial charge in [-0.2, -0.15) is 0 Å². The first kappa shape index (κ1) is 21.2. The molecule has 1 aliphatic rings. The van der Waals surface area contributed by atoms with Crippen molar-refractivity contribution in [1.82, 2.24) is 0 Å². The Kier molecular flexibility index (Phi) is 12.8. The van der Waals surface area contributed by atoms with Crippen molar-refractivity contribution in [2.24, 2.45) is 0 Å². The van der Waals surface area contributed by atoms with Gasteiger partial charge >= 0.3 is 5.97 Å².